The van der Waals surface area contributed by atoms with E-state index in [0.717, 1.165) is 43.3 Å². The summed E-state index contributed by atoms with van der Waals surface area (Å²) in [7, 11) is 0. The van der Waals surface area contributed by atoms with Gasteiger partial charge in [0.05, 0.1) is 6.61 Å². The van der Waals surface area contributed by atoms with E-state index in [1.54, 1.807) is 0 Å². The maximum Gasteiger partial charge on any atom is 0.125 e. The summed E-state index contributed by atoms with van der Waals surface area (Å²) in [6.07, 6.45) is 4.74. The molecule has 0 bridgehead atoms. The normalized spacial score (nSPS) is 19.0. The standard InChI is InChI=1S/C17H24ClNO/c1-12(2)10-19-11-17(4-5-17)9-14-8-15(18)7-13-3-6-20-16(13)14/h7-8,12,19H,3-6,9-11H2,1-2H3. The first kappa shape index (κ1) is 14.2. The van der Waals surface area contributed by atoms with Crippen molar-refractivity contribution in [2.75, 3.05) is 19.7 Å². The number of ether oxygens (including phenoxy) is 1. The maximum absolute atomic E-state index is 6.25. The summed E-state index contributed by atoms with van der Waals surface area (Å²) in [6, 6.07) is 4.16. The van der Waals surface area contributed by atoms with E-state index in [2.05, 4.69) is 31.3 Å². The topological polar surface area (TPSA) is 21.3 Å². The molecule has 1 aromatic carbocycles. The summed E-state index contributed by atoms with van der Waals surface area (Å²) in [4.78, 5) is 0. The first-order chi connectivity index (χ1) is 9.58. The highest BCUT2D eigenvalue weighted by atomic mass is 35.5. The summed E-state index contributed by atoms with van der Waals surface area (Å²) in [6.45, 7) is 7.54. The first-order valence-corrected chi connectivity index (χ1v) is 8.11. The van der Waals surface area contributed by atoms with E-state index in [9.17, 15) is 0 Å². The summed E-state index contributed by atoms with van der Waals surface area (Å²) >= 11 is 6.25. The van der Waals surface area contributed by atoms with Crippen LogP contribution in [0.3, 0.4) is 0 Å². The Bertz CT molecular complexity index is 494. The van der Waals surface area contributed by atoms with E-state index in [0.29, 0.717) is 11.3 Å². The number of rotatable bonds is 6. The number of hydrogen-bond donors (Lipinski definition) is 1. The van der Waals surface area contributed by atoms with Crippen molar-refractivity contribution >= 4 is 11.6 Å². The Kier molecular flexibility index (Phi) is 3.96. The lowest BCUT2D eigenvalue weighted by Gasteiger charge is -2.19. The van der Waals surface area contributed by atoms with Gasteiger partial charge in [0.15, 0.2) is 0 Å². The van der Waals surface area contributed by atoms with Gasteiger partial charge in [-0.15, -0.1) is 0 Å². The molecule has 1 saturated carbocycles. The van der Waals surface area contributed by atoms with Crippen LogP contribution in [-0.4, -0.2) is 19.7 Å². The average molecular weight is 294 g/mol. The number of hydrogen-bond acceptors (Lipinski definition) is 2. The zero-order chi connectivity index (χ0) is 14.2. The highest BCUT2D eigenvalue weighted by molar-refractivity contribution is 6.30. The maximum atomic E-state index is 6.25. The molecule has 1 heterocycles. The minimum absolute atomic E-state index is 0.444. The predicted octanol–water partition coefficient (Wildman–Crippen LogP) is 3.84. The van der Waals surface area contributed by atoms with Crippen LogP contribution in [0.25, 0.3) is 0 Å². The number of fused-ring (bicyclic) bond motifs is 1. The van der Waals surface area contributed by atoms with Gasteiger partial charge in [0.1, 0.15) is 5.75 Å². The molecular formula is C17H24ClNO. The van der Waals surface area contributed by atoms with Gasteiger partial charge in [0.25, 0.3) is 0 Å². The van der Waals surface area contributed by atoms with E-state index in [1.165, 1.54) is 24.0 Å². The van der Waals surface area contributed by atoms with Gasteiger partial charge >= 0.3 is 0 Å². The predicted molar refractivity (Wildman–Crippen MR) is 83.7 cm³/mol. The zero-order valence-corrected chi connectivity index (χ0v) is 13.2. The van der Waals surface area contributed by atoms with E-state index >= 15 is 0 Å². The molecule has 110 valence electrons. The molecule has 0 spiro atoms. The highest BCUT2D eigenvalue weighted by Crippen LogP contribution is 2.50. The Hall–Kier alpha value is -0.730. The van der Waals surface area contributed by atoms with E-state index in [4.69, 9.17) is 16.3 Å². The second-order valence-electron chi connectivity index (χ2n) is 6.85. The largest absolute Gasteiger partial charge is 0.493 e. The Morgan fingerprint density at radius 3 is 2.85 bits per heavy atom. The lowest BCUT2D eigenvalue weighted by atomic mass is 9.94. The molecule has 2 nitrogen and oxygen atoms in total. The number of nitrogens with one attached hydrogen (secondary N) is 1. The fraction of sp³-hybridized carbons (Fsp3) is 0.647. The van der Waals surface area contributed by atoms with Crippen LogP contribution < -0.4 is 10.1 Å². The number of halogens is 1. The van der Waals surface area contributed by atoms with Gasteiger partial charge in [-0.1, -0.05) is 25.4 Å². The third-order valence-electron chi connectivity index (χ3n) is 4.40. The molecule has 1 aromatic rings. The fourth-order valence-electron chi connectivity index (χ4n) is 3.10. The van der Waals surface area contributed by atoms with Gasteiger partial charge in [0, 0.05) is 18.0 Å². The van der Waals surface area contributed by atoms with Crippen LogP contribution in [0.1, 0.15) is 37.8 Å². The average Bonchev–Trinajstić information content (AvgIpc) is 2.96. The molecule has 2 aliphatic rings. The molecule has 3 heteroatoms. The SMILES string of the molecule is CC(C)CNCC1(Cc2cc(Cl)cc3c2OCC3)CC1. The van der Waals surface area contributed by atoms with Crippen molar-refractivity contribution < 1.29 is 4.74 Å². The van der Waals surface area contributed by atoms with Crippen molar-refractivity contribution in [2.45, 2.75) is 39.5 Å². The molecule has 1 aliphatic carbocycles. The molecule has 0 aromatic heterocycles. The third kappa shape index (κ3) is 3.12. The van der Waals surface area contributed by atoms with Crippen LogP contribution in [0.4, 0.5) is 0 Å². The van der Waals surface area contributed by atoms with Crippen LogP contribution in [-0.2, 0) is 12.8 Å². The van der Waals surface area contributed by atoms with Gasteiger partial charge in [-0.2, -0.15) is 0 Å². The molecule has 1 fully saturated rings. The van der Waals surface area contributed by atoms with Gasteiger partial charge in [-0.05, 0) is 60.4 Å². The molecule has 1 N–H and O–H groups in total. The monoisotopic (exact) mass is 293 g/mol. The van der Waals surface area contributed by atoms with E-state index in [-0.39, 0.29) is 0 Å². The van der Waals surface area contributed by atoms with Crippen molar-refractivity contribution in [1.29, 1.82) is 0 Å². The smallest absolute Gasteiger partial charge is 0.125 e. The fourth-order valence-corrected chi connectivity index (χ4v) is 3.36. The molecule has 20 heavy (non-hydrogen) atoms. The van der Waals surface area contributed by atoms with Crippen LogP contribution in [0, 0.1) is 11.3 Å². The number of benzene rings is 1. The van der Waals surface area contributed by atoms with Crippen molar-refractivity contribution in [3.05, 3.63) is 28.3 Å². The summed E-state index contributed by atoms with van der Waals surface area (Å²) in [5, 5.41) is 4.47. The van der Waals surface area contributed by atoms with Gasteiger partial charge in [-0.25, -0.2) is 0 Å². The summed E-state index contributed by atoms with van der Waals surface area (Å²) < 4.78 is 5.82. The first-order valence-electron chi connectivity index (χ1n) is 7.73. The van der Waals surface area contributed by atoms with Crippen LogP contribution in [0.5, 0.6) is 5.75 Å². The van der Waals surface area contributed by atoms with Crippen LogP contribution in [0.2, 0.25) is 5.02 Å². The lowest BCUT2D eigenvalue weighted by molar-refractivity contribution is 0.348. The van der Waals surface area contributed by atoms with Gasteiger partial charge in [-0.3, -0.25) is 0 Å². The second kappa shape index (κ2) is 5.57. The molecule has 0 atom stereocenters. The Morgan fingerprint density at radius 2 is 2.15 bits per heavy atom. The van der Waals surface area contributed by atoms with Crippen molar-refractivity contribution in [1.82, 2.24) is 5.32 Å². The Labute approximate surface area is 126 Å². The molecular weight excluding hydrogens is 270 g/mol. The quantitative estimate of drug-likeness (QED) is 0.860. The minimum Gasteiger partial charge on any atom is -0.493 e. The zero-order valence-electron chi connectivity index (χ0n) is 12.5. The summed E-state index contributed by atoms with van der Waals surface area (Å²) in [5.74, 6) is 1.83. The van der Waals surface area contributed by atoms with Gasteiger partial charge in [0.2, 0.25) is 0 Å². The van der Waals surface area contributed by atoms with Crippen LogP contribution in [0.15, 0.2) is 12.1 Å². The molecule has 3 rings (SSSR count). The molecule has 0 saturated heterocycles. The molecule has 0 radical (unpaired) electrons. The van der Waals surface area contributed by atoms with E-state index in [1.807, 2.05) is 0 Å². The molecule has 1 aliphatic heterocycles. The third-order valence-corrected chi connectivity index (χ3v) is 4.62. The van der Waals surface area contributed by atoms with Crippen molar-refractivity contribution in [3.63, 3.8) is 0 Å². The highest BCUT2D eigenvalue weighted by Gasteiger charge is 2.43. The Morgan fingerprint density at radius 1 is 1.35 bits per heavy atom. The molecule has 0 amide bonds. The second-order valence-corrected chi connectivity index (χ2v) is 7.29. The lowest BCUT2D eigenvalue weighted by Crippen LogP contribution is -2.28. The molecule has 0 unspecified atom stereocenters. The van der Waals surface area contributed by atoms with Crippen molar-refractivity contribution in [2.24, 2.45) is 11.3 Å². The minimum atomic E-state index is 0.444. The van der Waals surface area contributed by atoms with E-state index < -0.39 is 0 Å². The summed E-state index contributed by atoms with van der Waals surface area (Å²) in [5.41, 5.74) is 3.05. The van der Waals surface area contributed by atoms with Crippen molar-refractivity contribution in [3.8, 4) is 5.75 Å². The van der Waals surface area contributed by atoms with Crippen LogP contribution >= 0.6 is 11.6 Å². The van der Waals surface area contributed by atoms with Gasteiger partial charge < -0.3 is 10.1 Å². The Balaban J connectivity index is 1.69.